The van der Waals surface area contributed by atoms with Gasteiger partial charge >= 0.3 is 266 Å². The molecule has 3 heterocycles. The monoisotopic (exact) mass is 663 g/mol. The summed E-state index contributed by atoms with van der Waals surface area (Å²) in [6.45, 7) is -2.35. The number of carbonyl (C=O) groups excluding carboxylic acids is 2. The summed E-state index contributed by atoms with van der Waals surface area (Å²) in [6.07, 6.45) is 3.54. The van der Waals surface area contributed by atoms with E-state index >= 15 is 0 Å². The Bertz CT molecular complexity index is 1800. The van der Waals surface area contributed by atoms with Gasteiger partial charge in [-0.05, 0) is 0 Å². The van der Waals surface area contributed by atoms with Crippen molar-refractivity contribution in [1.29, 1.82) is 0 Å². The van der Waals surface area contributed by atoms with Gasteiger partial charge in [0.1, 0.15) is 0 Å². The molecule has 0 N–H and O–H groups in total. The Balaban J connectivity index is 1.49. The van der Waals surface area contributed by atoms with E-state index in [-0.39, 0.29) is 18.8 Å². The van der Waals surface area contributed by atoms with Gasteiger partial charge in [0.05, 0.1) is 0 Å². The maximum absolute atomic E-state index is 14.4. The number of hydrogen-bond donors (Lipinski definition) is 0. The number of urea groups is 1. The first-order valence-electron chi connectivity index (χ1n) is 14.0. The number of allylic oxidation sites excluding steroid dienone is 1. The van der Waals surface area contributed by atoms with Crippen molar-refractivity contribution in [3.63, 3.8) is 0 Å². The van der Waals surface area contributed by atoms with Gasteiger partial charge in [-0.3, -0.25) is 0 Å². The first-order chi connectivity index (χ1) is 21.7. The third-order valence-electron chi connectivity index (χ3n) is 7.89. The first kappa shape index (κ1) is 30.8. The van der Waals surface area contributed by atoms with Gasteiger partial charge in [-0.25, -0.2) is 0 Å². The van der Waals surface area contributed by atoms with E-state index in [9.17, 15) is 18.0 Å². The van der Waals surface area contributed by atoms with E-state index in [1.54, 1.807) is 19.1 Å². The van der Waals surface area contributed by atoms with Crippen molar-refractivity contribution in [2.45, 2.75) is 13.0 Å². The molecule has 232 valence electrons. The second kappa shape index (κ2) is 12.0. The zero-order chi connectivity index (χ0) is 31.7. The summed E-state index contributed by atoms with van der Waals surface area (Å²) in [6, 6.07) is 26.0. The molecule has 2 bridgehead atoms. The second-order valence-electron chi connectivity index (χ2n) is 10.4. The van der Waals surface area contributed by atoms with Crippen LogP contribution < -0.4 is 15.9 Å². The van der Waals surface area contributed by atoms with Crippen LogP contribution in [0.15, 0.2) is 114 Å². The molecule has 1 atom stereocenters. The van der Waals surface area contributed by atoms with E-state index < -0.39 is 35.3 Å². The van der Waals surface area contributed by atoms with Gasteiger partial charge in [0.2, 0.25) is 0 Å². The van der Waals surface area contributed by atoms with Crippen LogP contribution in [0.2, 0.25) is 0 Å². The Morgan fingerprint density at radius 1 is 0.956 bits per heavy atom. The third kappa shape index (κ3) is 5.08. The van der Waals surface area contributed by atoms with Crippen molar-refractivity contribution < 1.29 is 31.0 Å². The molecule has 0 aliphatic carbocycles. The fourth-order valence-corrected chi connectivity index (χ4v) is 14.4. The fraction of sp³-hybridized carbons (Fsp3) is 0.156. The molecule has 2 aliphatic rings. The number of ether oxygens (including phenoxy) is 1. The quantitative estimate of drug-likeness (QED) is 0.179. The number of esters is 1. The van der Waals surface area contributed by atoms with Crippen LogP contribution in [0, 0.1) is 0 Å². The Hall–Kier alpha value is -4.19. The molecule has 0 spiro atoms. The molecule has 13 heteroatoms. The van der Waals surface area contributed by atoms with Crippen LogP contribution in [0.3, 0.4) is 0 Å². The summed E-state index contributed by atoms with van der Waals surface area (Å²) < 4.78 is 45.9. The average Bonchev–Trinajstić information content (AvgIpc) is 3.65. The molecule has 6 rings (SSSR count). The molecule has 2 aliphatic heterocycles. The van der Waals surface area contributed by atoms with E-state index in [0.717, 1.165) is 5.06 Å². The minimum absolute atomic E-state index is 0.0795. The molecule has 0 saturated carbocycles. The third-order valence-corrected chi connectivity index (χ3v) is 15.9. The fourth-order valence-electron chi connectivity index (χ4n) is 5.99. The summed E-state index contributed by atoms with van der Waals surface area (Å²) in [7, 11) is -3.73. The Kier molecular flexibility index (Phi) is 8.19. The Morgan fingerprint density at radius 3 is 2.02 bits per heavy atom. The second-order valence-corrected chi connectivity index (χ2v) is 16.8. The number of nitrogens with zero attached hydrogens (tertiary/aromatic N) is 3. The van der Waals surface area contributed by atoms with E-state index in [4.69, 9.17) is 13.0 Å². The molecule has 0 radical (unpaired) electrons. The van der Waals surface area contributed by atoms with Gasteiger partial charge in [-0.15, -0.1) is 0 Å². The van der Waals surface area contributed by atoms with Crippen molar-refractivity contribution in [2.24, 2.45) is 0 Å². The number of hydroxylamine groups is 2. The van der Waals surface area contributed by atoms with E-state index in [1.807, 2.05) is 96.8 Å². The number of hydrogen-bond acceptors (Lipinski definition) is 9. The number of aromatic nitrogens is 1. The van der Waals surface area contributed by atoms with Gasteiger partial charge in [-0.1, -0.05) is 0 Å². The number of carbonyl (C=O) groups is 2. The van der Waals surface area contributed by atoms with Crippen LogP contribution in [0.4, 0.5) is 4.79 Å². The molecule has 2 amide bonds. The van der Waals surface area contributed by atoms with Crippen molar-refractivity contribution in [2.75, 3.05) is 20.2 Å². The Morgan fingerprint density at radius 2 is 1.51 bits per heavy atom. The van der Waals surface area contributed by atoms with E-state index in [2.05, 4.69) is 4.98 Å². The van der Waals surface area contributed by atoms with Crippen LogP contribution in [0.5, 0.6) is 0 Å². The Labute approximate surface area is 265 Å². The first-order valence-corrected chi connectivity index (χ1v) is 18.5. The summed E-state index contributed by atoms with van der Waals surface area (Å²) in [5, 5.41) is 2.68. The van der Waals surface area contributed by atoms with Crippen molar-refractivity contribution >= 4 is 62.1 Å². The number of rotatable bonds is 10. The molecular weight excluding hydrogens is 633 g/mol. The van der Waals surface area contributed by atoms with Crippen LogP contribution in [-0.2, 0) is 23.4 Å². The zero-order valence-corrected chi connectivity index (χ0v) is 27.0. The summed E-state index contributed by atoms with van der Waals surface area (Å²) >= 11 is 1.19. The maximum atomic E-state index is 14.4. The molecule has 1 fully saturated rings. The SMILES string of the molecule is C/C=C/P(OS(=O)(=O)ON1C(=O)N2CC=C(c3scnc3C(=O)OC)C1C2)(c1ccccc1)(c1ccccc1)c1ccccc1. The van der Waals surface area contributed by atoms with Crippen LogP contribution >= 0.6 is 18.2 Å². The van der Waals surface area contributed by atoms with Gasteiger partial charge in [0.15, 0.2) is 0 Å². The normalized spacial score (nSPS) is 17.6. The zero-order valence-electron chi connectivity index (χ0n) is 24.4. The predicted octanol–water partition coefficient (Wildman–Crippen LogP) is 4.60. The van der Waals surface area contributed by atoms with Crippen LogP contribution in [-0.4, -0.2) is 61.6 Å². The predicted molar refractivity (Wildman–Crippen MR) is 175 cm³/mol. The van der Waals surface area contributed by atoms with Crippen LogP contribution in [0.1, 0.15) is 22.3 Å². The molecule has 1 saturated heterocycles. The standard InChI is InChI=1S/C32H30N3O7PS2/c1-3-21-43(24-13-7-4-8-14-24,25-15-9-5-10-16-25,26-17-11-6-12-18-26)42-45(38,39)41-35-28-22-34(32(35)37)20-19-27(28)30-29(31(36)40-2)33-23-44-30/h3-19,21,23,28H,20,22H2,1-2H3/b21-3+. The molecule has 45 heavy (non-hydrogen) atoms. The van der Waals surface area contributed by atoms with Gasteiger partial charge in [0, 0.05) is 0 Å². The summed E-state index contributed by atoms with van der Waals surface area (Å²) in [5.41, 5.74) is 2.11. The number of fused-ring (bicyclic) bond motifs is 2. The van der Waals surface area contributed by atoms with Crippen molar-refractivity contribution in [3.8, 4) is 0 Å². The van der Waals surface area contributed by atoms with E-state index in [0.29, 0.717) is 26.4 Å². The number of benzene rings is 3. The molecule has 3 aromatic carbocycles. The topological polar surface area (TPSA) is 115 Å². The number of methoxy groups -OCH3 is 1. The van der Waals surface area contributed by atoms with Crippen molar-refractivity contribution in [1.82, 2.24) is 14.9 Å². The molecular formula is C32H30N3O7PS2. The van der Waals surface area contributed by atoms with E-state index in [1.165, 1.54) is 28.9 Å². The van der Waals surface area contributed by atoms with Crippen LogP contribution in [0.25, 0.3) is 5.57 Å². The molecule has 4 aromatic rings. The van der Waals surface area contributed by atoms with Crippen molar-refractivity contribution in [3.05, 3.63) is 125 Å². The van der Waals surface area contributed by atoms with Gasteiger partial charge in [-0.2, -0.15) is 0 Å². The molecule has 10 nitrogen and oxygen atoms in total. The average molecular weight is 664 g/mol. The number of thiazole rings is 1. The van der Waals surface area contributed by atoms with Gasteiger partial charge in [0.25, 0.3) is 0 Å². The molecule has 1 unspecified atom stereocenters. The summed E-state index contributed by atoms with van der Waals surface area (Å²) in [4.78, 5) is 32.0. The van der Waals surface area contributed by atoms with Gasteiger partial charge < -0.3 is 0 Å². The molecule has 1 aromatic heterocycles. The summed E-state index contributed by atoms with van der Waals surface area (Å²) in [5.74, 6) is 1.17. The number of amides is 2. The minimum atomic E-state index is -4.99.